The Bertz CT molecular complexity index is 1330. The van der Waals surface area contributed by atoms with Crippen molar-refractivity contribution >= 4 is 33.3 Å². The van der Waals surface area contributed by atoms with E-state index in [1.807, 2.05) is 45.0 Å². The number of likely N-dealkylation sites (tertiary alicyclic amines) is 1. The Morgan fingerprint density at radius 2 is 1.87 bits per heavy atom. The van der Waals surface area contributed by atoms with Gasteiger partial charge in [-0.1, -0.05) is 13.8 Å². The van der Waals surface area contributed by atoms with Gasteiger partial charge in [-0.25, -0.2) is 8.42 Å². The van der Waals surface area contributed by atoms with Crippen molar-refractivity contribution in [1.29, 1.82) is 0 Å². The average Bonchev–Trinajstić information content (AvgIpc) is 3.44. The minimum atomic E-state index is -4.12. The molecule has 2 fully saturated rings. The van der Waals surface area contributed by atoms with Gasteiger partial charge in [0.05, 0.1) is 12.6 Å². The molecule has 204 valence electrons. The van der Waals surface area contributed by atoms with Crippen LogP contribution in [0.2, 0.25) is 0 Å². The number of nitrogens with zero attached hydrogens (tertiary/aromatic N) is 4. The van der Waals surface area contributed by atoms with Crippen molar-refractivity contribution < 1.29 is 27.5 Å². The lowest BCUT2D eigenvalue weighted by Crippen LogP contribution is -2.53. The summed E-state index contributed by atoms with van der Waals surface area (Å²) in [5, 5.41) is 14.5. The molecule has 3 unspecified atom stereocenters. The summed E-state index contributed by atoms with van der Waals surface area (Å²) in [6.45, 7) is 3.67. The molecule has 2 aliphatic heterocycles. The van der Waals surface area contributed by atoms with Crippen molar-refractivity contribution in [3.05, 3.63) is 59.6 Å². The number of ketones is 1. The highest BCUT2D eigenvalue weighted by Crippen LogP contribution is 2.34. The van der Waals surface area contributed by atoms with Crippen LogP contribution in [0.1, 0.15) is 37.0 Å². The second-order valence-corrected chi connectivity index (χ2v) is 12.2. The van der Waals surface area contributed by atoms with E-state index in [-0.39, 0.29) is 36.1 Å². The number of sulfonamides is 1. The van der Waals surface area contributed by atoms with E-state index in [1.165, 1.54) is 23.2 Å². The quantitative estimate of drug-likeness (QED) is 0.384. The van der Waals surface area contributed by atoms with E-state index in [0.717, 1.165) is 16.2 Å². The molecule has 0 saturated carbocycles. The summed E-state index contributed by atoms with van der Waals surface area (Å²) in [4.78, 5) is 42.9. The van der Waals surface area contributed by atoms with E-state index < -0.39 is 40.0 Å². The highest BCUT2D eigenvalue weighted by molar-refractivity contribution is 7.89. The lowest BCUT2D eigenvalue weighted by molar-refractivity contribution is -0.607. The molecule has 1 aromatic heterocycles. The molecular weight excluding hydrogens is 510 g/mol. The molecule has 4 rings (SSSR count). The van der Waals surface area contributed by atoms with Crippen LogP contribution in [0.5, 0.6) is 0 Å². The molecule has 2 amide bonds. The van der Waals surface area contributed by atoms with Crippen molar-refractivity contribution in [3.63, 3.8) is 0 Å². The number of carbonyl (C=O) groups is 3. The third-order valence-electron chi connectivity index (χ3n) is 6.97. The average molecular weight is 544 g/mol. The first kappa shape index (κ1) is 27.5. The van der Waals surface area contributed by atoms with Crippen LogP contribution in [0.4, 0.5) is 5.69 Å². The van der Waals surface area contributed by atoms with Crippen molar-refractivity contribution in [3.8, 4) is 0 Å². The first-order chi connectivity index (χ1) is 17.9. The summed E-state index contributed by atoms with van der Waals surface area (Å²) >= 11 is 0. The summed E-state index contributed by atoms with van der Waals surface area (Å²) in [6, 6.07) is 7.08. The zero-order valence-corrected chi connectivity index (χ0v) is 22.7. The predicted octanol–water partition coefficient (Wildman–Crippen LogP) is 0.774. The molecule has 0 bridgehead atoms. The van der Waals surface area contributed by atoms with Crippen LogP contribution in [0.15, 0.2) is 53.7 Å². The number of benzene rings is 1. The number of aromatic nitrogens is 1. The maximum Gasteiger partial charge on any atom is 0.251 e. The maximum atomic E-state index is 13.7. The van der Waals surface area contributed by atoms with Crippen LogP contribution in [0.3, 0.4) is 0 Å². The lowest BCUT2D eigenvalue weighted by Gasteiger charge is -2.29. The minimum Gasteiger partial charge on any atom is -0.619 e. The van der Waals surface area contributed by atoms with Crippen LogP contribution in [-0.4, -0.2) is 80.5 Å². The van der Waals surface area contributed by atoms with Gasteiger partial charge in [0.25, 0.3) is 5.91 Å². The molecule has 0 aliphatic carbocycles. The number of Topliss-reactive ketones (excluding diaryl/α,β-unsaturated/α-hetero) is 1. The molecule has 0 spiro atoms. The third kappa shape index (κ3) is 5.37. The van der Waals surface area contributed by atoms with Gasteiger partial charge < -0.3 is 20.3 Å². The molecule has 1 aromatic carbocycles. The summed E-state index contributed by atoms with van der Waals surface area (Å²) in [5.41, 5.74) is 1.34. The Morgan fingerprint density at radius 3 is 2.47 bits per heavy atom. The summed E-state index contributed by atoms with van der Waals surface area (Å²) in [5.74, 6) is -1.12. The van der Waals surface area contributed by atoms with Gasteiger partial charge in [0.15, 0.2) is 18.2 Å². The van der Waals surface area contributed by atoms with Gasteiger partial charge >= 0.3 is 0 Å². The molecular formula is C26H33N5O6S. The van der Waals surface area contributed by atoms with Gasteiger partial charge in [0, 0.05) is 38.0 Å². The van der Waals surface area contributed by atoms with Crippen molar-refractivity contribution in [2.24, 2.45) is 5.92 Å². The highest BCUT2D eigenvalue weighted by Gasteiger charge is 2.54. The second-order valence-electron chi connectivity index (χ2n) is 10.3. The first-order valence-corrected chi connectivity index (χ1v) is 14.0. The number of hydrogen-bond donors (Lipinski definition) is 1. The zero-order chi connectivity index (χ0) is 27.8. The zero-order valence-electron chi connectivity index (χ0n) is 21.9. The molecule has 2 aromatic rings. The number of carbonyl (C=O) groups excluding carboxylic acids is 3. The summed E-state index contributed by atoms with van der Waals surface area (Å²) < 4.78 is 28.0. The SMILES string of the molecule is CC(C)CC(NC(=O)c1ccc(N(C)C)cc1)C(=O)N1CCC2C1C(=O)CN2S(=O)(=O)c1ccc[n+]([O-])c1. The molecule has 0 radical (unpaired) electrons. The van der Waals surface area contributed by atoms with Crippen molar-refractivity contribution in [1.82, 2.24) is 14.5 Å². The smallest absolute Gasteiger partial charge is 0.251 e. The van der Waals surface area contributed by atoms with E-state index in [2.05, 4.69) is 5.32 Å². The number of hydrogen-bond acceptors (Lipinski definition) is 7. The number of nitrogens with one attached hydrogen (secondary N) is 1. The molecule has 3 atom stereocenters. The molecule has 2 saturated heterocycles. The number of fused-ring (bicyclic) bond motifs is 1. The van der Waals surface area contributed by atoms with Crippen LogP contribution in [-0.2, 0) is 19.6 Å². The van der Waals surface area contributed by atoms with E-state index in [9.17, 15) is 28.0 Å². The monoisotopic (exact) mass is 543 g/mol. The van der Waals surface area contributed by atoms with Crippen LogP contribution >= 0.6 is 0 Å². The maximum absolute atomic E-state index is 13.7. The van der Waals surface area contributed by atoms with Gasteiger partial charge in [-0.2, -0.15) is 9.04 Å². The summed E-state index contributed by atoms with van der Waals surface area (Å²) in [7, 11) is -0.331. The molecule has 11 nitrogen and oxygen atoms in total. The molecule has 3 heterocycles. The van der Waals surface area contributed by atoms with E-state index in [1.54, 1.807) is 12.1 Å². The fourth-order valence-electron chi connectivity index (χ4n) is 5.11. The Morgan fingerprint density at radius 1 is 1.18 bits per heavy atom. The highest BCUT2D eigenvalue weighted by atomic mass is 32.2. The van der Waals surface area contributed by atoms with Gasteiger partial charge in [-0.3, -0.25) is 14.4 Å². The van der Waals surface area contributed by atoms with Gasteiger partial charge in [-0.05, 0) is 49.1 Å². The Labute approximate surface area is 222 Å². The van der Waals surface area contributed by atoms with E-state index >= 15 is 0 Å². The van der Waals surface area contributed by atoms with Gasteiger partial charge in [-0.15, -0.1) is 0 Å². The first-order valence-electron chi connectivity index (χ1n) is 12.5. The second kappa shape index (κ2) is 10.7. The van der Waals surface area contributed by atoms with E-state index in [4.69, 9.17) is 0 Å². The van der Waals surface area contributed by atoms with Gasteiger partial charge in [0.2, 0.25) is 15.9 Å². The Balaban J connectivity index is 1.53. The normalized spacial score (nSPS) is 20.4. The third-order valence-corrected chi connectivity index (χ3v) is 8.83. The fourth-order valence-corrected chi connectivity index (χ4v) is 6.74. The van der Waals surface area contributed by atoms with Crippen LogP contribution in [0, 0.1) is 11.1 Å². The Hall–Kier alpha value is -3.51. The lowest BCUT2D eigenvalue weighted by atomic mass is 10.0. The number of pyridine rings is 1. The number of amides is 2. The standard InChI is InChI=1S/C26H33N5O6S/c1-17(2)14-21(27-25(33)18-7-9-19(10-8-18)28(3)4)26(34)30-13-11-22-24(30)23(32)16-31(22)38(36,37)20-6-5-12-29(35)15-20/h5-10,12,15,17,21-22,24H,11,13-14,16H2,1-4H3,(H,27,33). The molecule has 1 N–H and O–H groups in total. The molecule has 38 heavy (non-hydrogen) atoms. The van der Waals surface area contributed by atoms with Gasteiger partial charge in [0.1, 0.15) is 17.0 Å². The number of rotatable bonds is 8. The largest absolute Gasteiger partial charge is 0.619 e. The van der Waals surface area contributed by atoms with Crippen molar-refractivity contribution in [2.75, 3.05) is 32.1 Å². The minimum absolute atomic E-state index is 0.0757. The summed E-state index contributed by atoms with van der Waals surface area (Å²) in [6.07, 6.45) is 2.76. The Kier molecular flexibility index (Phi) is 7.75. The van der Waals surface area contributed by atoms with Crippen LogP contribution < -0.4 is 14.9 Å². The topological polar surface area (TPSA) is 134 Å². The fraction of sp³-hybridized carbons (Fsp3) is 0.462. The van der Waals surface area contributed by atoms with E-state index in [0.29, 0.717) is 16.7 Å². The molecule has 2 aliphatic rings. The van der Waals surface area contributed by atoms with Crippen LogP contribution in [0.25, 0.3) is 0 Å². The van der Waals surface area contributed by atoms with Crippen molar-refractivity contribution in [2.45, 2.75) is 49.7 Å². The molecule has 12 heteroatoms. The predicted molar refractivity (Wildman–Crippen MR) is 140 cm³/mol. The number of anilines is 1.